The van der Waals surface area contributed by atoms with E-state index in [-0.39, 0.29) is 12.1 Å². The quantitative estimate of drug-likeness (QED) is 0.886. The minimum absolute atomic E-state index is 0.00124. The molecule has 1 amide bonds. The summed E-state index contributed by atoms with van der Waals surface area (Å²) in [5, 5.41) is 10.3. The topological polar surface area (TPSA) is 56.7 Å². The third kappa shape index (κ3) is 2.81. The van der Waals surface area contributed by atoms with Crippen molar-refractivity contribution in [2.45, 2.75) is 43.8 Å². The monoisotopic (exact) mass is 363 g/mol. The van der Waals surface area contributed by atoms with Gasteiger partial charge in [0, 0.05) is 18.4 Å². The fraction of sp³-hybridized carbons (Fsp3) is 0.455. The van der Waals surface area contributed by atoms with Crippen LogP contribution in [0.3, 0.4) is 0 Å². The van der Waals surface area contributed by atoms with Crippen LogP contribution in [-0.4, -0.2) is 51.2 Å². The maximum absolute atomic E-state index is 12.5. The number of aromatic nitrogens is 1. The summed E-state index contributed by atoms with van der Waals surface area (Å²) in [6.45, 7) is 2.22. The van der Waals surface area contributed by atoms with Crippen molar-refractivity contribution in [3.63, 3.8) is 0 Å². The van der Waals surface area contributed by atoms with Crippen molar-refractivity contribution in [3.8, 4) is 0 Å². The average molecular weight is 363 g/mol. The number of pyridine rings is 1. The first-order valence-corrected chi connectivity index (χ1v) is 9.95. The van der Waals surface area contributed by atoms with Gasteiger partial charge in [-0.05, 0) is 73.5 Å². The van der Waals surface area contributed by atoms with Crippen LogP contribution < -0.4 is 0 Å². The van der Waals surface area contributed by atoms with E-state index in [1.54, 1.807) is 17.3 Å². The molecule has 0 spiro atoms. The molecule has 4 aliphatic heterocycles. The number of hydrogen-bond acceptors (Lipinski definition) is 3. The zero-order chi connectivity index (χ0) is 18.4. The van der Waals surface area contributed by atoms with Crippen LogP contribution in [0.25, 0.3) is 0 Å². The van der Waals surface area contributed by atoms with Gasteiger partial charge in [-0.1, -0.05) is 24.3 Å². The van der Waals surface area contributed by atoms with Gasteiger partial charge in [-0.15, -0.1) is 0 Å². The number of piperidine rings is 3. The number of rotatable bonds is 2. The summed E-state index contributed by atoms with van der Waals surface area (Å²) >= 11 is 0. The average Bonchev–Trinajstić information content (AvgIpc) is 2.73. The lowest BCUT2D eigenvalue weighted by molar-refractivity contribution is -0.0134. The Morgan fingerprint density at radius 2 is 1.78 bits per heavy atom. The van der Waals surface area contributed by atoms with Crippen molar-refractivity contribution in [3.05, 3.63) is 65.5 Å². The van der Waals surface area contributed by atoms with Gasteiger partial charge in [0.15, 0.2) is 0 Å². The minimum Gasteiger partial charge on any atom is -0.465 e. The number of amides is 1. The Hall–Kier alpha value is -2.40. The molecule has 0 radical (unpaired) electrons. The highest BCUT2D eigenvalue weighted by Crippen LogP contribution is 2.43. The van der Waals surface area contributed by atoms with E-state index in [1.165, 1.54) is 18.4 Å². The smallest absolute Gasteiger partial charge is 0.408 e. The van der Waals surface area contributed by atoms with E-state index in [1.807, 2.05) is 18.2 Å². The molecular formula is C22H25N3O2. The molecule has 3 saturated heterocycles. The molecule has 1 aromatic carbocycles. The fourth-order valence-corrected chi connectivity index (χ4v) is 5.52. The van der Waals surface area contributed by atoms with Crippen molar-refractivity contribution in [2.24, 2.45) is 5.92 Å². The lowest BCUT2D eigenvalue weighted by Crippen LogP contribution is -2.61. The number of nitrogens with zero attached hydrogens (tertiary/aromatic N) is 3. The van der Waals surface area contributed by atoms with Crippen LogP contribution in [0.5, 0.6) is 0 Å². The van der Waals surface area contributed by atoms with E-state index >= 15 is 0 Å². The molecule has 2 bridgehead atoms. The lowest BCUT2D eigenvalue weighted by atomic mass is 9.75. The summed E-state index contributed by atoms with van der Waals surface area (Å²) in [4.78, 5) is 20.9. The maximum atomic E-state index is 12.5. The molecule has 3 atom stereocenters. The van der Waals surface area contributed by atoms with E-state index in [9.17, 15) is 9.90 Å². The van der Waals surface area contributed by atoms with Crippen molar-refractivity contribution in [1.82, 2.24) is 14.8 Å². The van der Waals surface area contributed by atoms with E-state index in [2.05, 4.69) is 28.1 Å². The Morgan fingerprint density at radius 1 is 1.04 bits per heavy atom. The van der Waals surface area contributed by atoms with Gasteiger partial charge in [0.2, 0.25) is 0 Å². The summed E-state index contributed by atoms with van der Waals surface area (Å²) in [6, 6.07) is 12.3. The molecule has 1 aromatic heterocycles. The molecule has 0 saturated carbocycles. The van der Waals surface area contributed by atoms with Crippen molar-refractivity contribution < 1.29 is 9.90 Å². The van der Waals surface area contributed by atoms with Crippen molar-refractivity contribution in [2.75, 3.05) is 13.1 Å². The summed E-state index contributed by atoms with van der Waals surface area (Å²) in [6.07, 6.45) is 7.15. The standard InChI is InChI=1S/C22H25N3O2/c26-22(27)25-20(19-13-15-7-11-24(19)12-8-15)14-17-3-1-2-4-18(17)21(25)16-5-9-23-10-6-16/h1-6,9-10,15,19-21H,7-8,11-14H2,(H,26,27). The highest BCUT2D eigenvalue weighted by Gasteiger charge is 2.46. The second-order valence-corrected chi connectivity index (χ2v) is 8.13. The van der Waals surface area contributed by atoms with Crippen LogP contribution >= 0.6 is 0 Å². The SMILES string of the molecule is O=C(O)N1C(c2ccncc2)c2ccccc2CC1C1CC2CCN1CC2. The Bertz CT molecular complexity index is 832. The Morgan fingerprint density at radius 3 is 2.44 bits per heavy atom. The summed E-state index contributed by atoms with van der Waals surface area (Å²) < 4.78 is 0. The van der Waals surface area contributed by atoms with Crippen LogP contribution in [0.2, 0.25) is 0 Å². The first-order valence-electron chi connectivity index (χ1n) is 9.95. The molecule has 1 N–H and O–H groups in total. The number of hydrogen-bond donors (Lipinski definition) is 1. The third-order valence-corrected chi connectivity index (χ3v) is 6.79. The normalized spacial score (nSPS) is 32.1. The van der Waals surface area contributed by atoms with Gasteiger partial charge in [-0.25, -0.2) is 4.79 Å². The zero-order valence-corrected chi connectivity index (χ0v) is 15.4. The second kappa shape index (κ2) is 6.64. The predicted octanol–water partition coefficient (Wildman–Crippen LogP) is 3.56. The lowest BCUT2D eigenvalue weighted by Gasteiger charge is -2.53. The maximum Gasteiger partial charge on any atom is 0.408 e. The molecule has 3 unspecified atom stereocenters. The number of benzene rings is 1. The van der Waals surface area contributed by atoms with Gasteiger partial charge in [-0.3, -0.25) is 14.8 Å². The minimum atomic E-state index is -0.820. The summed E-state index contributed by atoms with van der Waals surface area (Å²) in [5.74, 6) is 0.757. The molecule has 3 fully saturated rings. The van der Waals surface area contributed by atoms with Crippen LogP contribution in [-0.2, 0) is 6.42 Å². The number of fused-ring (bicyclic) bond motifs is 4. The van der Waals surface area contributed by atoms with Crippen LogP contribution in [0.1, 0.15) is 42.0 Å². The number of carbonyl (C=O) groups is 1. The Kier molecular flexibility index (Phi) is 4.12. The molecule has 5 heterocycles. The summed E-state index contributed by atoms with van der Waals surface area (Å²) in [7, 11) is 0. The Labute approximate surface area is 159 Å². The molecule has 4 aliphatic rings. The predicted molar refractivity (Wildman–Crippen MR) is 103 cm³/mol. The van der Waals surface area contributed by atoms with Crippen LogP contribution in [0.4, 0.5) is 4.79 Å². The van der Waals surface area contributed by atoms with Gasteiger partial charge in [0.05, 0.1) is 12.1 Å². The molecule has 2 aromatic rings. The molecule has 6 rings (SSSR count). The Balaban J connectivity index is 1.61. The third-order valence-electron chi connectivity index (χ3n) is 6.79. The molecule has 5 nitrogen and oxygen atoms in total. The van der Waals surface area contributed by atoms with Gasteiger partial charge < -0.3 is 5.11 Å². The first kappa shape index (κ1) is 16.8. The summed E-state index contributed by atoms with van der Waals surface area (Å²) in [5.41, 5.74) is 3.39. The number of carboxylic acid groups (broad SMARTS) is 1. The highest BCUT2D eigenvalue weighted by atomic mass is 16.4. The largest absolute Gasteiger partial charge is 0.465 e. The fourth-order valence-electron chi connectivity index (χ4n) is 5.52. The molecule has 5 heteroatoms. The first-order chi connectivity index (χ1) is 13.2. The highest BCUT2D eigenvalue weighted by molar-refractivity contribution is 5.68. The van der Waals surface area contributed by atoms with Crippen LogP contribution in [0, 0.1) is 5.92 Å². The molecule has 140 valence electrons. The zero-order valence-electron chi connectivity index (χ0n) is 15.4. The van der Waals surface area contributed by atoms with Crippen molar-refractivity contribution >= 4 is 6.09 Å². The van der Waals surface area contributed by atoms with Gasteiger partial charge in [-0.2, -0.15) is 0 Å². The van der Waals surface area contributed by atoms with E-state index in [0.29, 0.717) is 6.04 Å². The molecule has 0 aliphatic carbocycles. The van der Waals surface area contributed by atoms with Gasteiger partial charge in [0.25, 0.3) is 0 Å². The molecule has 27 heavy (non-hydrogen) atoms. The van der Waals surface area contributed by atoms with E-state index in [4.69, 9.17) is 0 Å². The van der Waals surface area contributed by atoms with Crippen molar-refractivity contribution in [1.29, 1.82) is 0 Å². The molecular weight excluding hydrogens is 338 g/mol. The second-order valence-electron chi connectivity index (χ2n) is 8.13. The van der Waals surface area contributed by atoms with E-state index < -0.39 is 6.09 Å². The van der Waals surface area contributed by atoms with Gasteiger partial charge >= 0.3 is 6.09 Å². The van der Waals surface area contributed by atoms with Crippen LogP contribution in [0.15, 0.2) is 48.8 Å². The van der Waals surface area contributed by atoms with E-state index in [0.717, 1.165) is 43.0 Å². The van der Waals surface area contributed by atoms with Gasteiger partial charge in [0.1, 0.15) is 0 Å².